The number of carbonyl (C=O) groups excluding carboxylic acids is 2. The van der Waals surface area contributed by atoms with Crippen LogP contribution in [-0.4, -0.2) is 34.5 Å². The fourth-order valence-corrected chi connectivity index (χ4v) is 3.48. The number of anilines is 1. The first-order chi connectivity index (χ1) is 13.4. The Morgan fingerprint density at radius 3 is 2.61 bits per heavy atom. The van der Waals surface area contributed by atoms with Crippen molar-refractivity contribution in [1.82, 2.24) is 9.97 Å². The summed E-state index contributed by atoms with van der Waals surface area (Å²) < 4.78 is 5.21. The molecule has 0 fully saturated rings. The fraction of sp³-hybridized carbons (Fsp3) is 0.286. The Hall–Kier alpha value is -2.80. The van der Waals surface area contributed by atoms with Gasteiger partial charge in [-0.2, -0.15) is 0 Å². The third-order valence-electron chi connectivity index (χ3n) is 4.09. The molecule has 3 aromatic rings. The van der Waals surface area contributed by atoms with Crippen molar-refractivity contribution in [3.8, 4) is 5.75 Å². The minimum absolute atomic E-state index is 0.00286. The molecule has 0 aliphatic heterocycles. The number of methoxy groups -OCH3 is 1. The number of H-pyrrole nitrogens is 1. The highest BCUT2D eigenvalue weighted by Gasteiger charge is 2.11. The summed E-state index contributed by atoms with van der Waals surface area (Å²) in [5.74, 6) is 1.31. The average Bonchev–Trinajstić information content (AvgIpc) is 3.08. The first-order valence-electron chi connectivity index (χ1n) is 9.04. The minimum atomic E-state index is -0.0221. The summed E-state index contributed by atoms with van der Waals surface area (Å²) in [5, 5.41) is 3.53. The Balaban J connectivity index is 1.58. The van der Waals surface area contributed by atoms with Gasteiger partial charge in [-0.1, -0.05) is 25.6 Å². The lowest BCUT2D eigenvalue weighted by Crippen LogP contribution is -2.14. The summed E-state index contributed by atoms with van der Waals surface area (Å²) in [6.45, 7) is 4.00. The van der Waals surface area contributed by atoms with Crippen LogP contribution in [0.5, 0.6) is 5.75 Å². The molecule has 2 N–H and O–H groups in total. The standard InChI is InChI=1S/C21H23N3O3S/c1-13(2)10-20(26)22-15-6-4-14(5-7-15)19(25)12-28-21-23-17-9-8-16(27-3)11-18(17)24-21/h4-9,11,13H,10,12H2,1-3H3,(H,22,26)(H,23,24). The summed E-state index contributed by atoms with van der Waals surface area (Å²) in [6, 6.07) is 12.6. The van der Waals surface area contributed by atoms with Crippen molar-refractivity contribution in [1.29, 1.82) is 0 Å². The molecule has 0 aliphatic rings. The molecule has 0 saturated heterocycles. The second-order valence-electron chi connectivity index (χ2n) is 6.86. The second-order valence-corrected chi connectivity index (χ2v) is 7.82. The number of ether oxygens (including phenoxy) is 1. The quantitative estimate of drug-likeness (QED) is 0.431. The number of fused-ring (bicyclic) bond motifs is 1. The van der Waals surface area contributed by atoms with E-state index in [4.69, 9.17) is 4.74 Å². The van der Waals surface area contributed by atoms with Crippen molar-refractivity contribution in [3.63, 3.8) is 0 Å². The monoisotopic (exact) mass is 397 g/mol. The maximum Gasteiger partial charge on any atom is 0.224 e. The Kier molecular flexibility index (Phi) is 6.36. The van der Waals surface area contributed by atoms with Crippen LogP contribution in [0.1, 0.15) is 30.6 Å². The van der Waals surface area contributed by atoms with E-state index in [1.165, 1.54) is 11.8 Å². The van der Waals surface area contributed by atoms with Crippen LogP contribution < -0.4 is 10.1 Å². The van der Waals surface area contributed by atoms with Crippen LogP contribution in [0.3, 0.4) is 0 Å². The van der Waals surface area contributed by atoms with Gasteiger partial charge in [-0.25, -0.2) is 4.98 Å². The van der Waals surface area contributed by atoms with Crippen LogP contribution in [0, 0.1) is 5.92 Å². The van der Waals surface area contributed by atoms with Gasteiger partial charge >= 0.3 is 0 Å². The van der Waals surface area contributed by atoms with Gasteiger partial charge in [0.05, 0.1) is 23.9 Å². The lowest BCUT2D eigenvalue weighted by molar-refractivity contribution is -0.116. The van der Waals surface area contributed by atoms with Crippen molar-refractivity contribution in [2.75, 3.05) is 18.2 Å². The van der Waals surface area contributed by atoms with Gasteiger partial charge in [0.2, 0.25) is 5.91 Å². The number of thioether (sulfide) groups is 1. The molecule has 0 unspecified atom stereocenters. The van der Waals surface area contributed by atoms with Gasteiger partial charge in [0.25, 0.3) is 0 Å². The fourth-order valence-electron chi connectivity index (χ4n) is 2.70. The van der Waals surface area contributed by atoms with Crippen molar-refractivity contribution in [3.05, 3.63) is 48.0 Å². The Morgan fingerprint density at radius 1 is 1.18 bits per heavy atom. The van der Waals surface area contributed by atoms with Gasteiger partial charge in [-0.05, 0) is 42.3 Å². The number of imidazole rings is 1. The number of carbonyl (C=O) groups is 2. The van der Waals surface area contributed by atoms with Crippen molar-refractivity contribution in [2.45, 2.75) is 25.4 Å². The molecule has 0 atom stereocenters. The molecule has 0 bridgehead atoms. The van der Waals surface area contributed by atoms with E-state index in [1.807, 2.05) is 32.0 Å². The zero-order chi connectivity index (χ0) is 20.1. The van der Waals surface area contributed by atoms with E-state index in [1.54, 1.807) is 31.4 Å². The van der Waals surface area contributed by atoms with Crippen molar-refractivity contribution >= 4 is 40.2 Å². The van der Waals surface area contributed by atoms with Crippen molar-refractivity contribution < 1.29 is 14.3 Å². The predicted octanol–water partition coefficient (Wildman–Crippen LogP) is 4.53. The molecule has 3 rings (SSSR count). The smallest absolute Gasteiger partial charge is 0.224 e. The molecule has 1 heterocycles. The number of hydrogen-bond acceptors (Lipinski definition) is 5. The molecule has 2 aromatic carbocycles. The van der Waals surface area contributed by atoms with E-state index in [2.05, 4.69) is 15.3 Å². The molecule has 28 heavy (non-hydrogen) atoms. The first-order valence-corrected chi connectivity index (χ1v) is 10.0. The van der Waals surface area contributed by atoms with Crippen LogP contribution in [-0.2, 0) is 4.79 Å². The highest BCUT2D eigenvalue weighted by molar-refractivity contribution is 7.99. The van der Waals surface area contributed by atoms with Crippen LogP contribution in [0.15, 0.2) is 47.6 Å². The summed E-state index contributed by atoms with van der Waals surface area (Å²) in [7, 11) is 1.62. The largest absolute Gasteiger partial charge is 0.497 e. The number of rotatable bonds is 8. The van der Waals surface area contributed by atoms with E-state index < -0.39 is 0 Å². The maximum atomic E-state index is 12.4. The molecule has 1 aromatic heterocycles. The highest BCUT2D eigenvalue weighted by atomic mass is 32.2. The summed E-state index contributed by atoms with van der Waals surface area (Å²) in [6.07, 6.45) is 0.473. The summed E-state index contributed by atoms with van der Waals surface area (Å²) in [5.41, 5.74) is 3.00. The number of benzene rings is 2. The van der Waals surface area contributed by atoms with Gasteiger partial charge in [0.15, 0.2) is 10.9 Å². The molecule has 0 aliphatic carbocycles. The molecular formula is C21H23N3O3S. The number of nitrogens with one attached hydrogen (secondary N) is 2. The van der Waals surface area contributed by atoms with E-state index in [0.717, 1.165) is 16.8 Å². The normalized spacial score (nSPS) is 11.0. The molecule has 0 spiro atoms. The van der Waals surface area contributed by atoms with Gasteiger partial charge < -0.3 is 15.0 Å². The molecule has 146 valence electrons. The lowest BCUT2D eigenvalue weighted by atomic mass is 10.1. The predicted molar refractivity (Wildman–Crippen MR) is 112 cm³/mol. The molecule has 7 heteroatoms. The zero-order valence-corrected chi connectivity index (χ0v) is 16.9. The van der Waals surface area contributed by atoms with E-state index in [9.17, 15) is 9.59 Å². The lowest BCUT2D eigenvalue weighted by Gasteiger charge is -2.07. The van der Waals surface area contributed by atoms with Crippen molar-refractivity contribution in [2.24, 2.45) is 5.92 Å². The number of aromatic nitrogens is 2. The Bertz CT molecular complexity index is 980. The maximum absolute atomic E-state index is 12.4. The topological polar surface area (TPSA) is 84.1 Å². The van der Waals surface area contributed by atoms with Crippen LogP contribution in [0.4, 0.5) is 5.69 Å². The molecule has 1 amide bonds. The second kappa shape index (κ2) is 8.93. The average molecular weight is 398 g/mol. The SMILES string of the molecule is COc1ccc2nc(SCC(=O)c3ccc(NC(=O)CC(C)C)cc3)[nH]c2c1. The van der Waals surface area contributed by atoms with Gasteiger partial charge in [0, 0.05) is 23.7 Å². The first kappa shape index (κ1) is 19.9. The van der Waals surface area contributed by atoms with Gasteiger partial charge in [0.1, 0.15) is 5.75 Å². The number of Topliss-reactive ketones (excluding diaryl/α,β-unsaturated/α-hetero) is 1. The third-order valence-corrected chi connectivity index (χ3v) is 4.96. The number of ketones is 1. The number of nitrogens with zero attached hydrogens (tertiary/aromatic N) is 1. The third kappa shape index (κ3) is 5.13. The minimum Gasteiger partial charge on any atom is -0.497 e. The van der Waals surface area contributed by atoms with E-state index >= 15 is 0 Å². The highest BCUT2D eigenvalue weighted by Crippen LogP contribution is 2.24. The van der Waals surface area contributed by atoms with Crippen LogP contribution in [0.25, 0.3) is 11.0 Å². The number of aromatic amines is 1. The van der Waals surface area contributed by atoms with E-state index in [0.29, 0.717) is 28.7 Å². The molecule has 0 radical (unpaired) electrons. The van der Waals surface area contributed by atoms with Gasteiger partial charge in [-0.15, -0.1) is 0 Å². The Labute approximate surface area is 168 Å². The van der Waals surface area contributed by atoms with Crippen LogP contribution in [0.2, 0.25) is 0 Å². The van der Waals surface area contributed by atoms with Gasteiger partial charge in [-0.3, -0.25) is 9.59 Å². The Morgan fingerprint density at radius 2 is 1.93 bits per heavy atom. The summed E-state index contributed by atoms with van der Waals surface area (Å²) in [4.78, 5) is 31.9. The van der Waals surface area contributed by atoms with E-state index in [-0.39, 0.29) is 17.4 Å². The zero-order valence-electron chi connectivity index (χ0n) is 16.1. The molecular weight excluding hydrogens is 374 g/mol. The number of hydrogen-bond donors (Lipinski definition) is 2. The van der Waals surface area contributed by atoms with Crippen LogP contribution >= 0.6 is 11.8 Å². The molecule has 6 nitrogen and oxygen atoms in total. The molecule has 0 saturated carbocycles. The number of amides is 1. The summed E-state index contributed by atoms with van der Waals surface area (Å²) >= 11 is 1.36.